The molecule has 2 aromatic rings. The zero-order valence-corrected chi connectivity index (χ0v) is 17.4. The molecule has 1 aromatic heterocycles. The largest absolute Gasteiger partial charge is 0.496 e. The molecule has 2 heterocycles. The van der Waals surface area contributed by atoms with E-state index in [0.717, 1.165) is 42.1 Å². The van der Waals surface area contributed by atoms with E-state index in [2.05, 4.69) is 10.9 Å². The van der Waals surface area contributed by atoms with Gasteiger partial charge >= 0.3 is 5.91 Å². The Kier molecular flexibility index (Phi) is 5.33. The molecular formula is C20H22N2O4S2. The summed E-state index contributed by atoms with van der Waals surface area (Å²) in [5.41, 5.74) is 7.32. The average Bonchev–Trinajstić information content (AvgIpc) is 3.31. The number of para-hydroxylation sites is 1. The second kappa shape index (κ2) is 7.75. The van der Waals surface area contributed by atoms with Crippen LogP contribution in [0.15, 0.2) is 28.7 Å². The van der Waals surface area contributed by atoms with Gasteiger partial charge in [0.05, 0.1) is 16.8 Å². The summed E-state index contributed by atoms with van der Waals surface area (Å²) in [4.78, 5) is 25.1. The molecule has 2 N–H and O–H groups in total. The fraction of sp³-hybridized carbons (Fsp3) is 0.400. The molecule has 0 unspecified atom stereocenters. The molecule has 6 nitrogen and oxygen atoms in total. The lowest BCUT2D eigenvalue weighted by molar-refractivity contribution is 0.0827. The highest BCUT2D eigenvalue weighted by molar-refractivity contribution is 8.20. The molecule has 0 atom stereocenters. The first-order valence-electron chi connectivity index (χ1n) is 9.20. The van der Waals surface area contributed by atoms with Gasteiger partial charge < -0.3 is 9.15 Å². The first kappa shape index (κ1) is 19.3. The lowest BCUT2D eigenvalue weighted by Crippen LogP contribution is -2.41. The van der Waals surface area contributed by atoms with Gasteiger partial charge in [-0.2, -0.15) is 0 Å². The van der Waals surface area contributed by atoms with E-state index in [0.29, 0.717) is 11.3 Å². The van der Waals surface area contributed by atoms with Crippen molar-refractivity contribution in [3.8, 4) is 5.75 Å². The van der Waals surface area contributed by atoms with Crippen LogP contribution in [-0.2, 0) is 10.5 Å². The quantitative estimate of drug-likeness (QED) is 0.741. The first-order valence-corrected chi connectivity index (χ1v) is 11.2. The number of methoxy groups -OCH3 is 1. The maximum atomic E-state index is 12.7. The Balaban J connectivity index is 1.52. The molecule has 148 valence electrons. The fourth-order valence-electron chi connectivity index (χ4n) is 3.88. The van der Waals surface area contributed by atoms with Crippen LogP contribution in [0.5, 0.6) is 5.75 Å². The molecule has 1 fully saturated rings. The molecule has 1 aromatic carbocycles. The number of rotatable bonds is 3. The highest BCUT2D eigenvalue weighted by Crippen LogP contribution is 2.59. The molecule has 0 radical (unpaired) electrons. The summed E-state index contributed by atoms with van der Waals surface area (Å²) in [7, 11) is 1.50. The summed E-state index contributed by atoms with van der Waals surface area (Å²) in [5, 5.41) is 0. The van der Waals surface area contributed by atoms with Gasteiger partial charge in [-0.15, -0.1) is 23.5 Å². The number of hydrogen-bond acceptors (Lipinski definition) is 6. The van der Waals surface area contributed by atoms with Crippen LogP contribution in [0, 0.1) is 6.92 Å². The van der Waals surface area contributed by atoms with Crippen molar-refractivity contribution in [1.29, 1.82) is 0 Å². The van der Waals surface area contributed by atoms with Crippen LogP contribution < -0.4 is 15.6 Å². The predicted molar refractivity (Wildman–Crippen MR) is 111 cm³/mol. The molecule has 28 heavy (non-hydrogen) atoms. The second-order valence-corrected chi connectivity index (χ2v) is 9.81. The Hall–Kier alpha value is -2.06. The SMILES string of the molecule is COc1ccccc1C(=O)NNC(=O)c1oc2c(c1C)C1(CCC2)SCCS1. The molecule has 1 saturated heterocycles. The Morgan fingerprint density at radius 3 is 2.61 bits per heavy atom. The fourth-order valence-corrected chi connectivity index (χ4v) is 7.44. The molecule has 8 heteroatoms. The van der Waals surface area contributed by atoms with Crippen LogP contribution in [0.4, 0.5) is 0 Å². The maximum absolute atomic E-state index is 12.7. The van der Waals surface area contributed by atoms with Gasteiger partial charge in [-0.3, -0.25) is 20.4 Å². The number of benzene rings is 1. The summed E-state index contributed by atoms with van der Waals surface area (Å²) < 4.78 is 11.2. The number of aryl methyl sites for hydroxylation is 1. The Morgan fingerprint density at radius 2 is 1.86 bits per heavy atom. The van der Waals surface area contributed by atoms with E-state index in [9.17, 15) is 9.59 Å². The smallest absolute Gasteiger partial charge is 0.305 e. The van der Waals surface area contributed by atoms with E-state index in [1.807, 2.05) is 30.4 Å². The van der Waals surface area contributed by atoms with E-state index < -0.39 is 11.8 Å². The van der Waals surface area contributed by atoms with Gasteiger partial charge in [0, 0.05) is 29.1 Å². The van der Waals surface area contributed by atoms with E-state index in [1.54, 1.807) is 24.3 Å². The number of thioether (sulfide) groups is 2. The third kappa shape index (κ3) is 3.28. The summed E-state index contributed by atoms with van der Waals surface area (Å²) in [6.45, 7) is 1.94. The number of furan rings is 1. The van der Waals surface area contributed by atoms with Gasteiger partial charge in [0.15, 0.2) is 5.76 Å². The normalized spacial score (nSPS) is 17.2. The average molecular weight is 419 g/mol. The highest BCUT2D eigenvalue weighted by atomic mass is 32.2. The molecular weight excluding hydrogens is 396 g/mol. The molecule has 2 amide bonds. The third-order valence-electron chi connectivity index (χ3n) is 5.11. The number of nitrogens with one attached hydrogen (secondary N) is 2. The third-order valence-corrected chi connectivity index (χ3v) is 8.64. The van der Waals surface area contributed by atoms with Crippen molar-refractivity contribution >= 4 is 35.3 Å². The van der Waals surface area contributed by atoms with Crippen LogP contribution in [-0.4, -0.2) is 30.4 Å². The van der Waals surface area contributed by atoms with Crippen LogP contribution in [0.2, 0.25) is 0 Å². The van der Waals surface area contributed by atoms with Crippen molar-refractivity contribution in [1.82, 2.24) is 10.9 Å². The summed E-state index contributed by atoms with van der Waals surface area (Å²) in [6.07, 6.45) is 3.01. The maximum Gasteiger partial charge on any atom is 0.305 e. The minimum atomic E-state index is -0.446. The lowest BCUT2D eigenvalue weighted by atomic mass is 9.94. The van der Waals surface area contributed by atoms with Crippen molar-refractivity contribution in [3.63, 3.8) is 0 Å². The molecule has 1 aliphatic heterocycles. The molecule has 2 aliphatic rings. The van der Waals surface area contributed by atoms with Crippen molar-refractivity contribution < 1.29 is 18.7 Å². The van der Waals surface area contributed by atoms with Crippen LogP contribution in [0.1, 0.15) is 50.6 Å². The van der Waals surface area contributed by atoms with E-state index in [4.69, 9.17) is 9.15 Å². The van der Waals surface area contributed by atoms with Crippen molar-refractivity contribution in [3.05, 3.63) is 52.5 Å². The Labute approximate surface area is 172 Å². The second-order valence-electron chi connectivity index (χ2n) is 6.77. The number of hydrogen-bond donors (Lipinski definition) is 2. The number of carbonyl (C=O) groups excluding carboxylic acids is 2. The van der Waals surface area contributed by atoms with Crippen molar-refractivity contribution in [2.45, 2.75) is 30.3 Å². The van der Waals surface area contributed by atoms with Gasteiger partial charge in [0.2, 0.25) is 0 Å². The van der Waals surface area contributed by atoms with E-state index in [-0.39, 0.29) is 9.84 Å². The van der Waals surface area contributed by atoms with Crippen molar-refractivity contribution in [2.24, 2.45) is 0 Å². The lowest BCUT2D eigenvalue weighted by Gasteiger charge is -2.31. The monoisotopic (exact) mass is 418 g/mol. The molecule has 1 aliphatic carbocycles. The zero-order valence-electron chi connectivity index (χ0n) is 15.8. The van der Waals surface area contributed by atoms with E-state index >= 15 is 0 Å². The predicted octanol–water partition coefficient (Wildman–Crippen LogP) is 3.64. The minimum Gasteiger partial charge on any atom is -0.496 e. The number of ether oxygens (including phenoxy) is 1. The summed E-state index contributed by atoms with van der Waals surface area (Å²) >= 11 is 3.91. The zero-order chi connectivity index (χ0) is 19.7. The van der Waals surface area contributed by atoms with Gasteiger partial charge in [-0.25, -0.2) is 0 Å². The Morgan fingerprint density at radius 1 is 1.14 bits per heavy atom. The molecule has 1 spiro atoms. The van der Waals surface area contributed by atoms with Crippen LogP contribution in [0.25, 0.3) is 0 Å². The number of hydrazine groups is 1. The van der Waals surface area contributed by atoms with Gasteiger partial charge in [-0.1, -0.05) is 12.1 Å². The van der Waals surface area contributed by atoms with Gasteiger partial charge in [0.1, 0.15) is 11.5 Å². The number of amides is 2. The Bertz CT molecular complexity index is 919. The van der Waals surface area contributed by atoms with Gasteiger partial charge in [0.25, 0.3) is 5.91 Å². The van der Waals surface area contributed by atoms with Crippen LogP contribution >= 0.6 is 23.5 Å². The standard InChI is InChI=1S/C20H22N2O4S2/c1-12-16-15(8-5-9-20(16)27-10-11-28-20)26-17(12)19(24)22-21-18(23)13-6-3-4-7-14(13)25-2/h3-4,6-7H,5,8-11H2,1-2H3,(H,21,23)(H,22,24). The summed E-state index contributed by atoms with van der Waals surface area (Å²) in [5.74, 6) is 2.97. The minimum absolute atomic E-state index is 0.0142. The van der Waals surface area contributed by atoms with E-state index in [1.165, 1.54) is 12.7 Å². The molecule has 0 saturated carbocycles. The number of fused-ring (bicyclic) bond motifs is 2. The summed E-state index contributed by atoms with van der Waals surface area (Å²) in [6, 6.07) is 6.84. The van der Waals surface area contributed by atoms with Crippen molar-refractivity contribution in [2.75, 3.05) is 18.6 Å². The van der Waals surface area contributed by atoms with Crippen LogP contribution in [0.3, 0.4) is 0 Å². The molecule has 0 bridgehead atoms. The van der Waals surface area contributed by atoms with Gasteiger partial charge in [-0.05, 0) is 31.9 Å². The molecule has 4 rings (SSSR count). The number of carbonyl (C=O) groups is 2. The first-order chi connectivity index (χ1) is 13.6. The highest BCUT2D eigenvalue weighted by Gasteiger charge is 2.45. The topological polar surface area (TPSA) is 80.6 Å².